The molecule has 0 unspecified atom stereocenters. The number of esters is 1. The molecule has 0 aliphatic heterocycles. The lowest BCUT2D eigenvalue weighted by Crippen LogP contribution is -2.26. The van der Waals surface area contributed by atoms with Crippen molar-refractivity contribution in [2.75, 3.05) is 19.0 Å². The van der Waals surface area contributed by atoms with E-state index in [0.29, 0.717) is 22.2 Å². The van der Waals surface area contributed by atoms with Crippen molar-refractivity contribution in [1.29, 1.82) is 0 Å². The molecule has 168 valence electrons. The van der Waals surface area contributed by atoms with Gasteiger partial charge in [0.2, 0.25) is 0 Å². The molecule has 32 heavy (non-hydrogen) atoms. The first-order valence-corrected chi connectivity index (χ1v) is 11.7. The van der Waals surface area contributed by atoms with Gasteiger partial charge in [-0.1, -0.05) is 51.1 Å². The molecule has 0 bridgehead atoms. The number of benzene rings is 2. The van der Waals surface area contributed by atoms with Crippen molar-refractivity contribution in [3.8, 4) is 5.75 Å². The number of rotatable bonds is 5. The van der Waals surface area contributed by atoms with E-state index in [0.717, 1.165) is 35.6 Å². The van der Waals surface area contributed by atoms with E-state index in [1.165, 1.54) is 23.3 Å². The van der Waals surface area contributed by atoms with Crippen LogP contribution in [-0.4, -0.2) is 25.6 Å². The molecule has 6 heteroatoms. The number of thiophene rings is 1. The number of fused-ring (bicyclic) bond motifs is 2. The number of amides is 1. The van der Waals surface area contributed by atoms with Gasteiger partial charge in [0.15, 0.2) is 6.61 Å². The third-order valence-electron chi connectivity index (χ3n) is 6.22. The summed E-state index contributed by atoms with van der Waals surface area (Å²) in [4.78, 5) is 26.4. The van der Waals surface area contributed by atoms with Crippen LogP contribution in [0.2, 0.25) is 0 Å². The zero-order valence-corrected chi connectivity index (χ0v) is 19.8. The van der Waals surface area contributed by atoms with Crippen LogP contribution in [0.25, 0.3) is 10.8 Å². The zero-order chi connectivity index (χ0) is 22.9. The molecule has 1 aromatic heterocycles. The lowest BCUT2D eigenvalue weighted by molar-refractivity contribution is -0.118. The fourth-order valence-electron chi connectivity index (χ4n) is 4.30. The molecule has 1 aliphatic rings. The largest absolute Gasteiger partial charge is 0.484 e. The van der Waals surface area contributed by atoms with E-state index in [9.17, 15) is 9.59 Å². The van der Waals surface area contributed by atoms with Crippen LogP contribution in [0.3, 0.4) is 0 Å². The predicted molar refractivity (Wildman–Crippen MR) is 129 cm³/mol. The smallest absolute Gasteiger partial charge is 0.341 e. The van der Waals surface area contributed by atoms with Crippen molar-refractivity contribution in [2.45, 2.75) is 40.0 Å². The van der Waals surface area contributed by atoms with Gasteiger partial charge in [0, 0.05) is 4.88 Å². The average molecular weight is 452 g/mol. The Morgan fingerprint density at radius 3 is 2.59 bits per heavy atom. The van der Waals surface area contributed by atoms with Crippen molar-refractivity contribution in [1.82, 2.24) is 0 Å². The lowest BCUT2D eigenvalue weighted by Gasteiger charge is -2.33. The minimum Gasteiger partial charge on any atom is -0.484 e. The molecule has 0 saturated heterocycles. The fourth-order valence-corrected chi connectivity index (χ4v) is 5.63. The molecule has 0 fully saturated rings. The summed E-state index contributed by atoms with van der Waals surface area (Å²) >= 11 is 1.49. The molecule has 0 spiro atoms. The molecule has 1 atom stereocenters. The van der Waals surface area contributed by atoms with Gasteiger partial charge in [0.05, 0.1) is 12.7 Å². The third-order valence-corrected chi connectivity index (χ3v) is 7.39. The SMILES string of the molecule is COC(=O)c1c(NC(=O)COc2ccc3ccccc3c2)sc2c1CC[C@@H](C(C)(C)C)C2. The van der Waals surface area contributed by atoms with Crippen LogP contribution in [0.4, 0.5) is 5.00 Å². The summed E-state index contributed by atoms with van der Waals surface area (Å²) in [5.41, 5.74) is 1.72. The van der Waals surface area contributed by atoms with Crippen LogP contribution in [0.15, 0.2) is 42.5 Å². The second kappa shape index (κ2) is 8.94. The van der Waals surface area contributed by atoms with Gasteiger partial charge < -0.3 is 14.8 Å². The summed E-state index contributed by atoms with van der Waals surface area (Å²) in [6.45, 7) is 6.63. The maximum Gasteiger partial charge on any atom is 0.341 e. The van der Waals surface area contributed by atoms with E-state index in [2.05, 4.69) is 26.1 Å². The Balaban J connectivity index is 1.49. The maximum absolute atomic E-state index is 12.7. The topological polar surface area (TPSA) is 64.6 Å². The molecule has 1 amide bonds. The summed E-state index contributed by atoms with van der Waals surface area (Å²) in [6.07, 6.45) is 2.76. The molecule has 1 heterocycles. The summed E-state index contributed by atoms with van der Waals surface area (Å²) in [5, 5.41) is 5.63. The highest BCUT2D eigenvalue weighted by Gasteiger charge is 2.34. The van der Waals surface area contributed by atoms with Crippen molar-refractivity contribution < 1.29 is 19.1 Å². The average Bonchev–Trinajstić information content (AvgIpc) is 3.13. The van der Waals surface area contributed by atoms with Crippen molar-refractivity contribution in [2.24, 2.45) is 11.3 Å². The molecule has 1 aliphatic carbocycles. The highest BCUT2D eigenvalue weighted by Crippen LogP contribution is 2.44. The highest BCUT2D eigenvalue weighted by atomic mass is 32.1. The van der Waals surface area contributed by atoms with Crippen LogP contribution in [-0.2, 0) is 22.4 Å². The number of ether oxygens (including phenoxy) is 2. The van der Waals surface area contributed by atoms with E-state index in [1.54, 1.807) is 0 Å². The minimum atomic E-state index is -0.401. The van der Waals surface area contributed by atoms with Crippen molar-refractivity contribution in [3.63, 3.8) is 0 Å². The van der Waals surface area contributed by atoms with Gasteiger partial charge in [-0.15, -0.1) is 11.3 Å². The monoisotopic (exact) mass is 451 g/mol. The van der Waals surface area contributed by atoms with Crippen molar-refractivity contribution >= 4 is 39.0 Å². The molecular weight excluding hydrogens is 422 g/mol. The number of hydrogen-bond acceptors (Lipinski definition) is 5. The summed E-state index contributed by atoms with van der Waals surface area (Å²) in [6, 6.07) is 13.7. The van der Waals surface area contributed by atoms with Crippen LogP contribution in [0, 0.1) is 11.3 Å². The first kappa shape index (κ1) is 22.3. The Morgan fingerprint density at radius 1 is 1.12 bits per heavy atom. The number of hydrogen-bond donors (Lipinski definition) is 1. The lowest BCUT2D eigenvalue weighted by atomic mass is 9.72. The Morgan fingerprint density at radius 2 is 1.88 bits per heavy atom. The van der Waals surface area contributed by atoms with E-state index in [4.69, 9.17) is 9.47 Å². The van der Waals surface area contributed by atoms with E-state index >= 15 is 0 Å². The second-order valence-corrected chi connectivity index (χ2v) is 10.5. The van der Waals surface area contributed by atoms with Gasteiger partial charge in [-0.2, -0.15) is 0 Å². The molecule has 2 aromatic carbocycles. The standard InChI is InChI=1S/C26H29NO4S/c1-26(2,3)18-10-12-20-21(14-18)32-24(23(20)25(29)30-4)27-22(28)15-31-19-11-9-16-7-5-6-8-17(16)13-19/h5-9,11,13,18H,10,12,14-15H2,1-4H3,(H,27,28)/t18-/m1/s1. The molecule has 0 radical (unpaired) electrons. The molecule has 4 rings (SSSR count). The fraction of sp³-hybridized carbons (Fsp3) is 0.385. The van der Waals surface area contributed by atoms with E-state index in [-0.39, 0.29) is 17.9 Å². The van der Waals surface area contributed by atoms with E-state index < -0.39 is 5.97 Å². The van der Waals surface area contributed by atoms with Gasteiger partial charge in [-0.3, -0.25) is 4.79 Å². The Hall–Kier alpha value is -2.86. The Kier molecular flexibility index (Phi) is 6.24. The number of anilines is 1. The molecule has 5 nitrogen and oxygen atoms in total. The van der Waals surface area contributed by atoms with Crippen LogP contribution >= 0.6 is 11.3 Å². The van der Waals surface area contributed by atoms with Crippen molar-refractivity contribution in [3.05, 3.63) is 58.5 Å². The third kappa shape index (κ3) is 4.65. The highest BCUT2D eigenvalue weighted by molar-refractivity contribution is 7.17. The van der Waals surface area contributed by atoms with Gasteiger partial charge >= 0.3 is 5.97 Å². The van der Waals surface area contributed by atoms with Gasteiger partial charge in [0.25, 0.3) is 5.91 Å². The van der Waals surface area contributed by atoms with Crippen LogP contribution < -0.4 is 10.1 Å². The Bertz CT molecular complexity index is 1160. The summed E-state index contributed by atoms with van der Waals surface area (Å²) in [5.74, 6) is 0.473. The molecular formula is C26H29NO4S. The van der Waals surface area contributed by atoms with Crippen LogP contribution in [0.1, 0.15) is 48.0 Å². The molecule has 1 N–H and O–H groups in total. The number of methoxy groups -OCH3 is 1. The molecule has 3 aromatic rings. The number of nitrogens with one attached hydrogen (secondary N) is 1. The minimum absolute atomic E-state index is 0.133. The quantitative estimate of drug-likeness (QED) is 0.494. The van der Waals surface area contributed by atoms with Gasteiger partial charge in [0.1, 0.15) is 10.8 Å². The number of carbonyl (C=O) groups excluding carboxylic acids is 2. The molecule has 0 saturated carbocycles. The van der Waals surface area contributed by atoms with Crippen LogP contribution in [0.5, 0.6) is 5.75 Å². The zero-order valence-electron chi connectivity index (χ0n) is 19.0. The maximum atomic E-state index is 12.7. The van der Waals surface area contributed by atoms with Gasteiger partial charge in [-0.25, -0.2) is 4.79 Å². The first-order chi connectivity index (χ1) is 15.3. The number of carbonyl (C=O) groups is 2. The normalized spacial score (nSPS) is 15.8. The van der Waals surface area contributed by atoms with E-state index in [1.807, 2.05) is 42.5 Å². The Labute approximate surface area is 192 Å². The summed E-state index contributed by atoms with van der Waals surface area (Å²) in [7, 11) is 1.38. The first-order valence-electron chi connectivity index (χ1n) is 10.9. The summed E-state index contributed by atoms with van der Waals surface area (Å²) < 4.78 is 10.7. The second-order valence-electron chi connectivity index (χ2n) is 9.35. The van der Waals surface area contributed by atoms with Gasteiger partial charge in [-0.05, 0) is 59.1 Å². The predicted octanol–water partition coefficient (Wildman–Crippen LogP) is 5.86.